The van der Waals surface area contributed by atoms with Crippen LogP contribution in [0.5, 0.6) is 0 Å². The van der Waals surface area contributed by atoms with Crippen molar-refractivity contribution < 1.29 is 9.59 Å². The number of piperazine rings is 1. The third-order valence-electron chi connectivity index (χ3n) is 5.30. The molecule has 0 atom stereocenters. The van der Waals surface area contributed by atoms with E-state index in [-0.39, 0.29) is 11.9 Å². The Morgan fingerprint density at radius 2 is 1.86 bits per heavy atom. The van der Waals surface area contributed by atoms with Gasteiger partial charge in [-0.3, -0.25) is 4.79 Å². The number of benzene rings is 1. The Bertz CT molecular complexity index is 706. The van der Waals surface area contributed by atoms with Gasteiger partial charge in [0.1, 0.15) is 0 Å². The van der Waals surface area contributed by atoms with Crippen molar-refractivity contribution in [2.24, 2.45) is 0 Å². The molecular weight excluding hydrogens is 352 g/mol. The van der Waals surface area contributed by atoms with Crippen LogP contribution in [0, 0.1) is 0 Å². The molecule has 6 heteroatoms. The molecule has 6 nitrogen and oxygen atoms in total. The van der Waals surface area contributed by atoms with E-state index in [2.05, 4.69) is 29.0 Å². The highest BCUT2D eigenvalue weighted by Gasteiger charge is 2.24. The Kier molecular flexibility index (Phi) is 7.63. The fourth-order valence-electron chi connectivity index (χ4n) is 3.33. The van der Waals surface area contributed by atoms with Crippen LogP contribution in [-0.4, -0.2) is 61.0 Å². The topological polar surface area (TPSA) is 64.7 Å². The molecule has 1 fully saturated rings. The molecule has 0 aromatic heterocycles. The average Bonchev–Trinajstić information content (AvgIpc) is 2.67. The zero-order valence-electron chi connectivity index (χ0n) is 17.7. The molecule has 1 saturated heterocycles. The lowest BCUT2D eigenvalue weighted by atomic mass is 9.92. The predicted octanol–water partition coefficient (Wildman–Crippen LogP) is 2.81. The standard InChI is InChI=1S/C22H34N4O2/c1-6-25-12-14-26(15-13-25)20(27)10-11-23-21(28)24-22(4,5)19-9-7-8-18(16-19)17(2)3/h7-9,16H,2,6,10-15H2,1,3-5H3,(H2,23,24,28). The highest BCUT2D eigenvalue weighted by molar-refractivity contribution is 5.78. The molecule has 1 heterocycles. The molecule has 154 valence electrons. The molecule has 1 aromatic rings. The first-order chi connectivity index (χ1) is 13.2. The number of amides is 3. The number of carbonyl (C=O) groups excluding carboxylic acids is 2. The molecule has 2 N–H and O–H groups in total. The highest BCUT2D eigenvalue weighted by Crippen LogP contribution is 2.23. The fraction of sp³-hybridized carbons (Fsp3) is 0.545. The van der Waals surface area contributed by atoms with Crippen molar-refractivity contribution in [3.8, 4) is 0 Å². The number of rotatable bonds is 7. The van der Waals surface area contributed by atoms with Crippen molar-refractivity contribution in [1.29, 1.82) is 0 Å². The van der Waals surface area contributed by atoms with Crippen molar-refractivity contribution in [2.45, 2.75) is 39.7 Å². The van der Waals surface area contributed by atoms with Gasteiger partial charge in [-0.2, -0.15) is 0 Å². The van der Waals surface area contributed by atoms with Crippen LogP contribution in [0.15, 0.2) is 30.8 Å². The number of carbonyl (C=O) groups is 2. The Morgan fingerprint density at radius 3 is 2.46 bits per heavy atom. The summed E-state index contributed by atoms with van der Waals surface area (Å²) in [6, 6.07) is 7.74. The van der Waals surface area contributed by atoms with E-state index in [0.29, 0.717) is 13.0 Å². The van der Waals surface area contributed by atoms with Gasteiger partial charge in [0.15, 0.2) is 0 Å². The minimum Gasteiger partial charge on any atom is -0.340 e. The summed E-state index contributed by atoms with van der Waals surface area (Å²) >= 11 is 0. The van der Waals surface area contributed by atoms with Gasteiger partial charge in [-0.15, -0.1) is 0 Å². The first-order valence-corrected chi connectivity index (χ1v) is 10.1. The SMILES string of the molecule is C=C(C)c1cccc(C(C)(C)NC(=O)NCCC(=O)N2CCN(CC)CC2)c1. The van der Waals surface area contributed by atoms with Gasteiger partial charge in [-0.25, -0.2) is 4.79 Å². The summed E-state index contributed by atoms with van der Waals surface area (Å²) in [6.07, 6.45) is 0.325. The maximum Gasteiger partial charge on any atom is 0.315 e. The monoisotopic (exact) mass is 386 g/mol. The quantitative estimate of drug-likeness (QED) is 0.757. The Morgan fingerprint density at radius 1 is 1.18 bits per heavy atom. The average molecular weight is 387 g/mol. The Balaban J connectivity index is 1.79. The summed E-state index contributed by atoms with van der Waals surface area (Å²) in [6.45, 7) is 16.7. The lowest BCUT2D eigenvalue weighted by Gasteiger charge is -2.34. The molecule has 0 bridgehead atoms. The lowest BCUT2D eigenvalue weighted by molar-refractivity contribution is -0.132. The molecule has 0 unspecified atom stereocenters. The van der Waals surface area contributed by atoms with Crippen LogP contribution in [0.2, 0.25) is 0 Å². The molecule has 28 heavy (non-hydrogen) atoms. The molecule has 2 rings (SSSR count). The molecule has 1 aromatic carbocycles. The largest absolute Gasteiger partial charge is 0.340 e. The summed E-state index contributed by atoms with van der Waals surface area (Å²) < 4.78 is 0. The van der Waals surface area contributed by atoms with Gasteiger partial charge < -0.3 is 20.4 Å². The van der Waals surface area contributed by atoms with Crippen molar-refractivity contribution in [3.63, 3.8) is 0 Å². The second kappa shape index (κ2) is 9.73. The second-order valence-electron chi connectivity index (χ2n) is 7.93. The summed E-state index contributed by atoms with van der Waals surface area (Å²) in [4.78, 5) is 28.9. The third-order valence-corrected chi connectivity index (χ3v) is 5.30. The highest BCUT2D eigenvalue weighted by atomic mass is 16.2. The van der Waals surface area contributed by atoms with Gasteiger partial charge in [-0.05, 0) is 44.5 Å². The summed E-state index contributed by atoms with van der Waals surface area (Å²) in [5.41, 5.74) is 2.52. The molecule has 0 radical (unpaired) electrons. The summed E-state index contributed by atoms with van der Waals surface area (Å²) in [5, 5.41) is 5.80. The van der Waals surface area contributed by atoms with Gasteiger partial charge in [0, 0.05) is 39.1 Å². The summed E-state index contributed by atoms with van der Waals surface area (Å²) in [5.74, 6) is 0.101. The van der Waals surface area contributed by atoms with E-state index in [0.717, 1.165) is 49.4 Å². The maximum absolute atomic E-state index is 12.3. The number of nitrogens with zero attached hydrogens (tertiary/aromatic N) is 2. The molecule has 0 aliphatic carbocycles. The fourth-order valence-corrected chi connectivity index (χ4v) is 3.33. The smallest absolute Gasteiger partial charge is 0.315 e. The molecule has 1 aliphatic heterocycles. The first kappa shape index (κ1) is 22.0. The Labute approximate surface area is 169 Å². The second-order valence-corrected chi connectivity index (χ2v) is 7.93. The number of likely N-dealkylation sites (N-methyl/N-ethyl adjacent to an activating group) is 1. The van der Waals surface area contributed by atoms with Gasteiger partial charge in [0.05, 0.1) is 5.54 Å². The van der Waals surface area contributed by atoms with E-state index < -0.39 is 5.54 Å². The van der Waals surface area contributed by atoms with Crippen LogP contribution < -0.4 is 10.6 Å². The van der Waals surface area contributed by atoms with Crippen molar-refractivity contribution in [1.82, 2.24) is 20.4 Å². The summed E-state index contributed by atoms with van der Waals surface area (Å²) in [7, 11) is 0. The van der Waals surface area contributed by atoms with Crippen LogP contribution in [0.1, 0.15) is 45.2 Å². The van der Waals surface area contributed by atoms with E-state index in [1.54, 1.807) is 0 Å². The van der Waals surface area contributed by atoms with Crippen molar-refractivity contribution in [3.05, 3.63) is 42.0 Å². The van der Waals surface area contributed by atoms with E-state index >= 15 is 0 Å². The maximum atomic E-state index is 12.3. The number of nitrogens with one attached hydrogen (secondary N) is 2. The van der Waals surface area contributed by atoms with Gasteiger partial charge in [0.2, 0.25) is 5.91 Å². The predicted molar refractivity (Wildman–Crippen MR) is 114 cm³/mol. The van der Waals surface area contributed by atoms with Crippen LogP contribution >= 0.6 is 0 Å². The molecule has 0 saturated carbocycles. The van der Waals surface area contributed by atoms with Crippen LogP contribution in [-0.2, 0) is 10.3 Å². The van der Waals surface area contributed by atoms with E-state index in [1.807, 2.05) is 49.9 Å². The van der Waals surface area contributed by atoms with Gasteiger partial charge in [-0.1, -0.05) is 37.3 Å². The van der Waals surface area contributed by atoms with Gasteiger partial charge in [0.25, 0.3) is 0 Å². The molecular formula is C22H34N4O2. The molecule has 3 amide bonds. The van der Waals surface area contributed by atoms with Gasteiger partial charge >= 0.3 is 6.03 Å². The van der Waals surface area contributed by atoms with E-state index in [1.165, 1.54) is 0 Å². The van der Waals surface area contributed by atoms with Crippen LogP contribution in [0.4, 0.5) is 4.79 Å². The van der Waals surface area contributed by atoms with Crippen LogP contribution in [0.25, 0.3) is 5.57 Å². The minimum absolute atomic E-state index is 0.101. The van der Waals surface area contributed by atoms with E-state index in [9.17, 15) is 9.59 Å². The number of urea groups is 1. The zero-order valence-corrected chi connectivity index (χ0v) is 17.7. The third kappa shape index (κ3) is 6.09. The number of hydrogen-bond donors (Lipinski definition) is 2. The molecule has 1 aliphatic rings. The lowest BCUT2D eigenvalue weighted by Crippen LogP contribution is -2.50. The minimum atomic E-state index is -0.532. The van der Waals surface area contributed by atoms with Crippen LogP contribution in [0.3, 0.4) is 0 Å². The number of allylic oxidation sites excluding steroid dienone is 1. The Hall–Kier alpha value is -2.34. The first-order valence-electron chi connectivity index (χ1n) is 10.1. The van der Waals surface area contributed by atoms with Crippen molar-refractivity contribution >= 4 is 17.5 Å². The zero-order chi connectivity index (χ0) is 20.7. The molecule has 0 spiro atoms. The normalized spacial score (nSPS) is 15.2. The van der Waals surface area contributed by atoms with Crippen molar-refractivity contribution in [2.75, 3.05) is 39.3 Å². The van der Waals surface area contributed by atoms with E-state index in [4.69, 9.17) is 0 Å². The number of hydrogen-bond acceptors (Lipinski definition) is 3.